The number of pyridine rings is 1. The highest BCUT2D eigenvalue weighted by Gasteiger charge is 2.23. The highest BCUT2D eigenvalue weighted by molar-refractivity contribution is 9.10. The molecule has 5 heteroatoms. The minimum absolute atomic E-state index is 0.0630. The number of ketones is 1. The smallest absolute Gasteiger partial charge is 0.195 e. The molecule has 0 unspecified atom stereocenters. The third-order valence-corrected chi connectivity index (χ3v) is 7.49. The van der Waals surface area contributed by atoms with E-state index in [0.717, 1.165) is 37.3 Å². The zero-order valence-corrected chi connectivity index (χ0v) is 19.5. The molecule has 2 aromatic heterocycles. The fourth-order valence-corrected chi connectivity index (χ4v) is 5.64. The van der Waals surface area contributed by atoms with E-state index in [1.54, 1.807) is 11.8 Å². The van der Waals surface area contributed by atoms with Gasteiger partial charge in [0.2, 0.25) is 0 Å². The fraction of sp³-hybridized carbons (Fsp3) is 0.231. The van der Waals surface area contributed by atoms with E-state index in [-0.39, 0.29) is 5.78 Å². The van der Waals surface area contributed by atoms with Crippen LogP contribution in [0, 0.1) is 0 Å². The second-order valence-corrected chi connectivity index (χ2v) is 9.90. The van der Waals surface area contributed by atoms with Gasteiger partial charge in [-0.25, -0.2) is 4.98 Å². The van der Waals surface area contributed by atoms with E-state index in [1.165, 1.54) is 31.2 Å². The molecule has 2 aromatic carbocycles. The molecule has 1 fully saturated rings. The first-order valence-corrected chi connectivity index (χ1v) is 12.4. The van der Waals surface area contributed by atoms with Gasteiger partial charge in [-0.15, -0.1) is 11.8 Å². The summed E-state index contributed by atoms with van der Waals surface area (Å²) in [6, 6.07) is 20.9. The summed E-state index contributed by atoms with van der Waals surface area (Å²) in [5.74, 6) is 0.949. The number of rotatable bonds is 6. The maximum Gasteiger partial charge on any atom is 0.195 e. The first kappa shape index (κ1) is 20.5. The van der Waals surface area contributed by atoms with E-state index >= 15 is 0 Å². The first-order valence-electron chi connectivity index (χ1n) is 10.7. The van der Waals surface area contributed by atoms with Gasteiger partial charge in [-0.3, -0.25) is 4.79 Å². The van der Waals surface area contributed by atoms with E-state index in [2.05, 4.69) is 62.0 Å². The lowest BCUT2D eigenvalue weighted by molar-refractivity contribution is 0.104. The molecule has 0 aliphatic heterocycles. The van der Waals surface area contributed by atoms with Gasteiger partial charge >= 0.3 is 0 Å². The number of carbonyl (C=O) groups is 1. The highest BCUT2D eigenvalue weighted by atomic mass is 79.9. The van der Waals surface area contributed by atoms with E-state index in [0.29, 0.717) is 6.04 Å². The van der Waals surface area contributed by atoms with Crippen LogP contribution in [0.1, 0.15) is 53.2 Å². The normalized spacial score (nSPS) is 14.4. The Labute approximate surface area is 195 Å². The Kier molecular flexibility index (Phi) is 5.97. The molecule has 1 aliphatic carbocycles. The molecule has 31 heavy (non-hydrogen) atoms. The lowest BCUT2D eigenvalue weighted by atomic mass is 10.0. The Balaban J connectivity index is 1.46. The van der Waals surface area contributed by atoms with E-state index in [9.17, 15) is 4.79 Å². The molecule has 0 saturated heterocycles. The molecule has 1 saturated carbocycles. The molecule has 0 radical (unpaired) electrons. The molecule has 0 atom stereocenters. The summed E-state index contributed by atoms with van der Waals surface area (Å²) in [6.45, 7) is 0. The largest absolute Gasteiger partial charge is 0.344 e. The molecule has 3 nitrogen and oxygen atoms in total. The van der Waals surface area contributed by atoms with Crippen LogP contribution in [-0.2, 0) is 5.75 Å². The minimum atomic E-state index is 0.0630. The lowest BCUT2D eigenvalue weighted by Crippen LogP contribution is -2.04. The Morgan fingerprint density at radius 1 is 1.06 bits per heavy atom. The number of fused-ring (bicyclic) bond motifs is 1. The summed E-state index contributed by atoms with van der Waals surface area (Å²) in [6.07, 6.45) is 8.72. The number of halogens is 1. The third kappa shape index (κ3) is 4.35. The molecule has 1 aliphatic rings. The van der Waals surface area contributed by atoms with Crippen molar-refractivity contribution in [1.82, 2.24) is 9.55 Å². The van der Waals surface area contributed by atoms with Crippen molar-refractivity contribution in [3.05, 3.63) is 94.4 Å². The third-order valence-electron chi connectivity index (χ3n) is 5.99. The predicted octanol–water partition coefficient (Wildman–Crippen LogP) is 7.44. The summed E-state index contributed by atoms with van der Waals surface area (Å²) in [5.41, 5.74) is 3.84. The molecule has 4 aromatic rings. The van der Waals surface area contributed by atoms with Gasteiger partial charge in [-0.05, 0) is 52.5 Å². The maximum absolute atomic E-state index is 13.5. The molecule has 2 heterocycles. The van der Waals surface area contributed by atoms with E-state index < -0.39 is 0 Å². The van der Waals surface area contributed by atoms with Crippen LogP contribution in [-0.4, -0.2) is 15.3 Å². The average molecular weight is 491 g/mol. The molecule has 156 valence electrons. The number of aromatic nitrogens is 2. The number of benzene rings is 2. The Bertz CT molecular complexity index is 1230. The standard InChI is InChI=1S/C26H23BrN2OS/c27-25-14-24-22(15-28-25)23(16-29(24)20-10-4-5-11-20)26(30)19-9-6-12-21(13-19)31-17-18-7-2-1-3-8-18/h1-3,6-9,12-16,20H,4-5,10-11,17H2. The Morgan fingerprint density at radius 3 is 2.68 bits per heavy atom. The van der Waals surface area contributed by atoms with Crippen molar-refractivity contribution in [2.45, 2.75) is 42.4 Å². The van der Waals surface area contributed by atoms with Crippen molar-refractivity contribution in [2.75, 3.05) is 0 Å². The fourth-order valence-electron chi connectivity index (χ4n) is 4.41. The summed E-state index contributed by atoms with van der Waals surface area (Å²) < 4.78 is 3.10. The number of nitrogens with zero attached hydrogens (tertiary/aromatic N) is 2. The van der Waals surface area contributed by atoms with Crippen molar-refractivity contribution < 1.29 is 4.79 Å². The van der Waals surface area contributed by atoms with Crippen molar-refractivity contribution in [3.8, 4) is 0 Å². The summed E-state index contributed by atoms with van der Waals surface area (Å²) in [7, 11) is 0. The Hall–Kier alpha value is -2.37. The molecule has 5 rings (SSSR count). The maximum atomic E-state index is 13.5. The van der Waals surface area contributed by atoms with Crippen molar-refractivity contribution in [2.24, 2.45) is 0 Å². The first-order chi connectivity index (χ1) is 15.2. The van der Waals surface area contributed by atoms with Crippen LogP contribution in [0.15, 0.2) is 82.6 Å². The van der Waals surface area contributed by atoms with Gasteiger partial charge in [0, 0.05) is 45.6 Å². The quantitative estimate of drug-likeness (QED) is 0.160. The van der Waals surface area contributed by atoms with E-state index in [1.807, 2.05) is 36.5 Å². The topological polar surface area (TPSA) is 34.9 Å². The lowest BCUT2D eigenvalue weighted by Gasteiger charge is -2.13. The summed E-state index contributed by atoms with van der Waals surface area (Å²) in [4.78, 5) is 19.1. The van der Waals surface area contributed by atoms with Crippen LogP contribution in [0.25, 0.3) is 10.9 Å². The predicted molar refractivity (Wildman–Crippen MR) is 131 cm³/mol. The molecular weight excluding hydrogens is 468 g/mol. The Morgan fingerprint density at radius 2 is 1.87 bits per heavy atom. The van der Waals surface area contributed by atoms with Crippen LogP contribution < -0.4 is 0 Å². The molecular formula is C26H23BrN2OS. The SMILES string of the molecule is O=C(c1cccc(SCc2ccccc2)c1)c1cn(C2CCCC2)c2cc(Br)ncc12. The molecule has 0 spiro atoms. The highest BCUT2D eigenvalue weighted by Crippen LogP contribution is 2.36. The van der Waals surface area contributed by atoms with Gasteiger partial charge in [0.05, 0.1) is 5.52 Å². The van der Waals surface area contributed by atoms with Gasteiger partial charge in [-0.1, -0.05) is 55.3 Å². The van der Waals surface area contributed by atoms with Crippen molar-refractivity contribution >= 4 is 44.4 Å². The van der Waals surface area contributed by atoms with Gasteiger partial charge in [0.15, 0.2) is 5.78 Å². The van der Waals surface area contributed by atoms with Crippen molar-refractivity contribution in [3.63, 3.8) is 0 Å². The van der Waals surface area contributed by atoms with E-state index in [4.69, 9.17) is 0 Å². The minimum Gasteiger partial charge on any atom is -0.344 e. The second kappa shape index (κ2) is 9.01. The van der Waals surface area contributed by atoms with Crippen LogP contribution in [0.5, 0.6) is 0 Å². The monoisotopic (exact) mass is 490 g/mol. The summed E-state index contributed by atoms with van der Waals surface area (Å²) in [5, 5.41) is 0.933. The number of hydrogen-bond acceptors (Lipinski definition) is 3. The van der Waals surface area contributed by atoms with Crippen LogP contribution >= 0.6 is 27.7 Å². The van der Waals surface area contributed by atoms with Gasteiger partial charge in [-0.2, -0.15) is 0 Å². The zero-order valence-electron chi connectivity index (χ0n) is 17.1. The molecule has 0 N–H and O–H groups in total. The zero-order chi connectivity index (χ0) is 21.2. The van der Waals surface area contributed by atoms with Crippen molar-refractivity contribution in [1.29, 1.82) is 0 Å². The molecule has 0 amide bonds. The van der Waals surface area contributed by atoms with Gasteiger partial charge in [0.1, 0.15) is 4.60 Å². The van der Waals surface area contributed by atoms with Crippen LogP contribution in [0.2, 0.25) is 0 Å². The number of carbonyl (C=O) groups excluding carboxylic acids is 1. The van der Waals surface area contributed by atoms with Crippen LogP contribution in [0.4, 0.5) is 0 Å². The van der Waals surface area contributed by atoms with Crippen LogP contribution in [0.3, 0.4) is 0 Å². The second-order valence-electron chi connectivity index (χ2n) is 8.04. The number of thioether (sulfide) groups is 1. The van der Waals surface area contributed by atoms with Gasteiger partial charge < -0.3 is 4.57 Å². The number of hydrogen-bond donors (Lipinski definition) is 0. The summed E-state index contributed by atoms with van der Waals surface area (Å²) >= 11 is 5.26. The molecule has 0 bridgehead atoms. The van der Waals surface area contributed by atoms with Gasteiger partial charge in [0.25, 0.3) is 0 Å². The average Bonchev–Trinajstić information content (AvgIpc) is 3.46.